The number of rotatable bonds is 19. The molecule has 0 bridgehead atoms. The van der Waals surface area contributed by atoms with E-state index in [4.69, 9.17) is 13.9 Å². The van der Waals surface area contributed by atoms with Gasteiger partial charge in [0.1, 0.15) is 31.7 Å². The predicted octanol–water partition coefficient (Wildman–Crippen LogP) is 17.1. The zero-order chi connectivity index (χ0) is 58.3. The molecule has 8 aromatic carbocycles. The summed E-state index contributed by atoms with van der Waals surface area (Å²) in [5, 5.41) is 0. The lowest BCUT2D eigenvalue weighted by molar-refractivity contribution is -0.105. The summed E-state index contributed by atoms with van der Waals surface area (Å²) in [6.45, 7) is 15.9. The Kier molecular flexibility index (Phi) is 25.4. The molecule has 3 unspecified atom stereocenters. The lowest BCUT2D eigenvalue weighted by Crippen LogP contribution is -2.39. The van der Waals surface area contributed by atoms with Crippen LogP contribution in [0.15, 0.2) is 258 Å². The van der Waals surface area contributed by atoms with Crippen LogP contribution in [0.2, 0.25) is 18.1 Å². The van der Waals surface area contributed by atoms with Crippen molar-refractivity contribution in [2.75, 3.05) is 6.61 Å². The van der Waals surface area contributed by atoms with Crippen molar-refractivity contribution in [3.63, 3.8) is 0 Å². The van der Waals surface area contributed by atoms with E-state index in [2.05, 4.69) is 218 Å². The highest BCUT2D eigenvalue weighted by molar-refractivity contribution is 7.97. The third kappa shape index (κ3) is 19.6. The van der Waals surface area contributed by atoms with Crippen LogP contribution in [0.5, 0.6) is 11.5 Å². The van der Waals surface area contributed by atoms with Crippen LogP contribution in [-0.2, 0) is 46.8 Å². The molecule has 3 atom stereocenters. The molecule has 428 valence electrons. The quantitative estimate of drug-likeness (QED) is 0.0439. The van der Waals surface area contributed by atoms with E-state index >= 15 is 0 Å². The van der Waals surface area contributed by atoms with Crippen LogP contribution in [0.3, 0.4) is 0 Å². The first-order chi connectivity index (χ1) is 39.0. The van der Waals surface area contributed by atoms with Gasteiger partial charge in [-0.15, -0.1) is 0 Å². The summed E-state index contributed by atoms with van der Waals surface area (Å²) in [5.74, 6) is 2.68. The van der Waals surface area contributed by atoms with Crippen molar-refractivity contribution >= 4 is 50.3 Å². The van der Waals surface area contributed by atoms with Gasteiger partial charge in [-0.05, 0) is 188 Å². The molecule has 14 heteroatoms. The number of hydrogen-bond donors (Lipinski definition) is 0. The zero-order valence-corrected chi connectivity index (χ0v) is 52.0. The van der Waals surface area contributed by atoms with Crippen molar-refractivity contribution in [1.29, 1.82) is 0 Å². The van der Waals surface area contributed by atoms with Crippen molar-refractivity contribution in [3.05, 3.63) is 230 Å². The predicted molar refractivity (Wildman–Crippen MR) is 331 cm³/mol. The molecular weight excluding hydrogens is 1110 g/mol. The van der Waals surface area contributed by atoms with Crippen LogP contribution in [0.1, 0.15) is 104 Å². The second-order valence-corrected chi connectivity index (χ2v) is 31.2. The molecule has 0 spiro atoms. The molecule has 1 aliphatic rings. The highest BCUT2D eigenvalue weighted by atomic mass is 32.2. The number of hydrogen-bond acceptors (Lipinski definition) is 9. The van der Waals surface area contributed by atoms with E-state index in [1.807, 2.05) is 0 Å². The summed E-state index contributed by atoms with van der Waals surface area (Å²) in [4.78, 5) is 7.63. The summed E-state index contributed by atoms with van der Waals surface area (Å²) in [6, 6.07) is 76.0. The van der Waals surface area contributed by atoms with Crippen molar-refractivity contribution in [2.24, 2.45) is 0 Å². The maximum Gasteiger partial charge on any atom is 0.250 e. The Morgan fingerprint density at radius 2 is 0.778 bits per heavy atom. The van der Waals surface area contributed by atoms with Crippen LogP contribution < -0.4 is 9.16 Å². The van der Waals surface area contributed by atoms with E-state index in [1.54, 1.807) is 24.3 Å². The molecule has 1 fully saturated rings. The zero-order valence-electron chi connectivity index (χ0n) is 47.7. The molecular formula is C67H78O9S4Si. The lowest BCUT2D eigenvalue weighted by Gasteiger charge is -2.28. The molecule has 0 aromatic heterocycles. The van der Waals surface area contributed by atoms with Gasteiger partial charge in [-0.1, -0.05) is 146 Å². The van der Waals surface area contributed by atoms with E-state index in [9.17, 15) is 25.9 Å². The molecule has 0 saturated carbocycles. The summed E-state index contributed by atoms with van der Waals surface area (Å²) in [5.41, 5.74) is 2.11. The number of ether oxygens (including phenoxy) is 2. The van der Waals surface area contributed by atoms with Crippen LogP contribution in [0.25, 0.3) is 0 Å². The summed E-state index contributed by atoms with van der Waals surface area (Å²) < 4.78 is 82.0. The summed E-state index contributed by atoms with van der Waals surface area (Å²) in [6.07, 6.45) is 5.16. The molecule has 8 aromatic rings. The molecule has 1 heterocycles. The second kappa shape index (κ2) is 32.0. The van der Waals surface area contributed by atoms with Gasteiger partial charge in [0.2, 0.25) is 8.32 Å². The Balaban J connectivity index is 0.000000182. The van der Waals surface area contributed by atoms with E-state index in [-0.39, 0.29) is 37.9 Å². The van der Waals surface area contributed by atoms with E-state index in [0.29, 0.717) is 11.8 Å². The van der Waals surface area contributed by atoms with Crippen LogP contribution >= 0.6 is 0 Å². The fourth-order valence-corrected chi connectivity index (χ4v) is 16.6. The first-order valence-corrected chi connectivity index (χ1v) is 35.8. The van der Waals surface area contributed by atoms with Crippen molar-refractivity contribution in [3.8, 4) is 11.5 Å². The third-order valence-electron chi connectivity index (χ3n) is 14.4. The smallest absolute Gasteiger partial charge is 0.250 e. The van der Waals surface area contributed by atoms with Crippen molar-refractivity contribution in [1.82, 2.24) is 0 Å². The Bertz CT molecular complexity index is 3110. The molecule has 9 nitrogen and oxygen atoms in total. The van der Waals surface area contributed by atoms with Gasteiger partial charge in [-0.3, -0.25) is 0 Å². The number of benzene rings is 8. The van der Waals surface area contributed by atoms with Gasteiger partial charge in [0.05, 0.1) is 38.2 Å². The molecule has 81 heavy (non-hydrogen) atoms. The molecule has 1 saturated heterocycles. The maximum atomic E-state index is 10.6. The van der Waals surface area contributed by atoms with Gasteiger partial charge in [0.25, 0.3) is 0 Å². The fraction of sp³-hybridized carbons (Fsp3) is 0.284. The average molecular weight is 1180 g/mol. The summed E-state index contributed by atoms with van der Waals surface area (Å²) >= 11 is 0. The normalized spacial score (nSPS) is 14.2. The third-order valence-corrected chi connectivity index (χ3v) is 25.1. The van der Waals surface area contributed by atoms with Gasteiger partial charge in [-0.2, -0.15) is 0 Å². The SMILES string of the molecule is CCC(C)c1ccc(S(=O)(=O)[O-])cc1.CCC(C)c1ccc(S(=O)(=O)[O-])cc1.CC[Si](CC)(CC)Oc1ccc([S+](c2ccccc2)c2ccccc2)cc1.c1ccc([S+](c2ccccc2)c2ccc(OC3CCCCO3)cc2)cc1. The molecule has 9 rings (SSSR count). The largest absolute Gasteiger partial charge is 0.744 e. The van der Waals surface area contributed by atoms with Crippen LogP contribution in [-0.4, -0.2) is 47.2 Å². The second-order valence-electron chi connectivity index (χ2n) is 19.7. The maximum absolute atomic E-state index is 10.6. The van der Waals surface area contributed by atoms with Crippen molar-refractivity contribution < 1.29 is 39.8 Å². The van der Waals surface area contributed by atoms with Gasteiger partial charge >= 0.3 is 0 Å². The average Bonchev–Trinajstić information content (AvgIpc) is 3.54. The van der Waals surface area contributed by atoms with E-state index in [0.717, 1.165) is 54.9 Å². The minimum absolute atomic E-state index is 0.0956. The first kappa shape index (κ1) is 64.2. The minimum Gasteiger partial charge on any atom is -0.744 e. The fourth-order valence-electron chi connectivity index (χ4n) is 8.91. The van der Waals surface area contributed by atoms with Gasteiger partial charge in [0.15, 0.2) is 35.7 Å². The molecule has 0 amide bonds. The molecule has 0 radical (unpaired) electrons. The van der Waals surface area contributed by atoms with E-state index < -0.39 is 28.6 Å². The Labute approximate surface area is 490 Å². The van der Waals surface area contributed by atoms with Crippen LogP contribution in [0.4, 0.5) is 0 Å². The summed E-state index contributed by atoms with van der Waals surface area (Å²) in [7, 11) is -10.4. The highest BCUT2D eigenvalue weighted by Gasteiger charge is 2.33. The highest BCUT2D eigenvalue weighted by Crippen LogP contribution is 2.35. The standard InChI is InChI=1S/C24H29OSSi.C23H23O2S.2C10H14O3S/c1-4-27(5-2,6-3)25-21-17-19-24(20-18-21)26(22-13-9-7-10-14-22)23-15-11-8-12-16-23;1-3-9-20(10-4-1)26(21-11-5-2-6-12-21)22-16-14-19(15-17-22)25-23-13-7-8-18-24-23;2*1-3-8(2)9-4-6-10(7-5-9)14(11,12)13/h7-20H,4-6H2,1-3H3;1-6,9-12,14-17,23H,7-8,13,18H2;2*4-8H,3H2,1-2H3,(H,11,12,13)/q2*+1;;/p-2. The lowest BCUT2D eigenvalue weighted by atomic mass is 9.99. The van der Waals surface area contributed by atoms with E-state index in [1.165, 1.54) is 78.2 Å². The monoisotopic (exact) mass is 1180 g/mol. The minimum atomic E-state index is -4.30. The Morgan fingerprint density at radius 3 is 1.06 bits per heavy atom. The Hall–Kier alpha value is -5.94. The van der Waals surface area contributed by atoms with Crippen LogP contribution in [0, 0.1) is 0 Å². The van der Waals surface area contributed by atoms with Crippen molar-refractivity contribution in [2.45, 2.75) is 156 Å². The molecule has 1 aliphatic heterocycles. The molecule has 0 N–H and O–H groups in total. The molecule has 0 aliphatic carbocycles. The van der Waals surface area contributed by atoms with Gasteiger partial charge < -0.3 is 23.0 Å². The van der Waals surface area contributed by atoms with Gasteiger partial charge in [-0.25, -0.2) is 16.8 Å². The topological polar surface area (TPSA) is 142 Å². The first-order valence-electron chi connectivity index (χ1n) is 28.0. The Morgan fingerprint density at radius 1 is 0.457 bits per heavy atom. The van der Waals surface area contributed by atoms with Gasteiger partial charge in [0, 0.05) is 6.42 Å².